The maximum atomic E-state index is 13.7. The molecule has 3 aromatic carbocycles. The Balaban J connectivity index is 1.67. The van der Waals surface area contributed by atoms with Crippen LogP contribution in [0.4, 0.5) is 0 Å². The average molecular weight is 607 g/mol. The number of hydrogen-bond acceptors (Lipinski definition) is 8. The molecule has 10 heteroatoms. The molecule has 2 unspecified atom stereocenters. The first kappa shape index (κ1) is 32.7. The molecule has 1 amide bonds. The number of nitriles is 1. The normalized spacial score (nSPS) is 12.8. The predicted octanol–water partition coefficient (Wildman–Crippen LogP) is 5.37. The van der Waals surface area contributed by atoms with Crippen LogP contribution in [0.1, 0.15) is 88.7 Å². The number of nitrogens with one attached hydrogen (secondary N) is 1. The summed E-state index contributed by atoms with van der Waals surface area (Å²) in [5.74, 6) is -3.59. The number of aromatic nitrogens is 4. The van der Waals surface area contributed by atoms with Crippen molar-refractivity contribution in [2.75, 3.05) is 6.61 Å². The molecule has 0 saturated heterocycles. The van der Waals surface area contributed by atoms with E-state index in [1.165, 1.54) is 4.80 Å². The number of carbonyl (C=O) groups excluding carboxylic acids is 3. The van der Waals surface area contributed by atoms with Crippen molar-refractivity contribution in [1.82, 2.24) is 25.5 Å². The zero-order chi connectivity index (χ0) is 32.2. The van der Waals surface area contributed by atoms with E-state index < -0.39 is 23.3 Å². The number of amides is 1. The van der Waals surface area contributed by atoms with Crippen molar-refractivity contribution in [2.45, 2.75) is 70.9 Å². The van der Waals surface area contributed by atoms with E-state index in [9.17, 15) is 19.6 Å². The van der Waals surface area contributed by atoms with Crippen LogP contribution in [0.3, 0.4) is 0 Å². The summed E-state index contributed by atoms with van der Waals surface area (Å²) < 4.78 is 5.35. The van der Waals surface area contributed by atoms with Gasteiger partial charge in [0, 0.05) is 17.9 Å². The van der Waals surface area contributed by atoms with Crippen LogP contribution in [0.5, 0.6) is 0 Å². The van der Waals surface area contributed by atoms with E-state index in [1.807, 2.05) is 67.6 Å². The van der Waals surface area contributed by atoms with Crippen molar-refractivity contribution < 1.29 is 19.1 Å². The Morgan fingerprint density at radius 2 is 1.67 bits per heavy atom. The molecule has 0 spiro atoms. The number of benzene rings is 3. The Kier molecular flexibility index (Phi) is 11.3. The Morgan fingerprint density at radius 3 is 2.31 bits per heavy atom. The van der Waals surface area contributed by atoms with Gasteiger partial charge in [-0.15, -0.1) is 10.2 Å². The molecule has 4 aromatic rings. The zero-order valence-electron chi connectivity index (χ0n) is 25.9. The minimum Gasteiger partial charge on any atom is -0.463 e. The SMILES string of the molecule is CCCCCc1ccc(C(=O)CC(c2ccc(C)cc2)C(C#N)(NC(=O)c2nnn(Cc3ccccc3)n2)C(=O)OCC)cc1. The van der Waals surface area contributed by atoms with Gasteiger partial charge in [-0.05, 0) is 48.6 Å². The summed E-state index contributed by atoms with van der Waals surface area (Å²) in [7, 11) is 0. The quantitative estimate of drug-likeness (QED) is 0.108. The number of aryl methyl sites for hydroxylation is 2. The van der Waals surface area contributed by atoms with Crippen molar-refractivity contribution in [2.24, 2.45) is 0 Å². The summed E-state index contributed by atoms with van der Waals surface area (Å²) in [6, 6.07) is 25.9. The lowest BCUT2D eigenvalue weighted by Gasteiger charge is -2.33. The van der Waals surface area contributed by atoms with Crippen LogP contribution >= 0.6 is 0 Å². The van der Waals surface area contributed by atoms with Gasteiger partial charge in [-0.3, -0.25) is 9.59 Å². The fourth-order valence-electron chi connectivity index (χ4n) is 5.12. The number of unbranched alkanes of at least 4 members (excludes halogenated alkanes) is 2. The minimum atomic E-state index is -2.27. The van der Waals surface area contributed by atoms with Crippen LogP contribution in [-0.2, 0) is 22.5 Å². The minimum absolute atomic E-state index is 0.0439. The van der Waals surface area contributed by atoms with Gasteiger partial charge in [0.2, 0.25) is 5.54 Å². The molecule has 4 rings (SSSR count). The predicted molar refractivity (Wildman–Crippen MR) is 168 cm³/mol. The van der Waals surface area contributed by atoms with Crippen molar-refractivity contribution in [3.8, 4) is 6.07 Å². The average Bonchev–Trinajstić information content (AvgIpc) is 3.52. The van der Waals surface area contributed by atoms with Gasteiger partial charge >= 0.3 is 5.97 Å². The molecule has 10 nitrogen and oxygen atoms in total. The van der Waals surface area contributed by atoms with E-state index in [4.69, 9.17) is 4.74 Å². The highest BCUT2D eigenvalue weighted by Crippen LogP contribution is 2.35. The largest absolute Gasteiger partial charge is 0.463 e. The first-order valence-corrected chi connectivity index (χ1v) is 15.2. The lowest BCUT2D eigenvalue weighted by Crippen LogP contribution is -2.58. The number of nitrogens with zero attached hydrogens (tertiary/aromatic N) is 5. The van der Waals surface area contributed by atoms with Gasteiger partial charge in [0.15, 0.2) is 5.78 Å². The molecule has 1 aromatic heterocycles. The third-order valence-corrected chi connectivity index (χ3v) is 7.64. The van der Waals surface area contributed by atoms with Gasteiger partial charge in [0.25, 0.3) is 11.7 Å². The van der Waals surface area contributed by atoms with Crippen LogP contribution in [0.2, 0.25) is 0 Å². The van der Waals surface area contributed by atoms with Gasteiger partial charge < -0.3 is 10.1 Å². The number of rotatable bonds is 15. The van der Waals surface area contributed by atoms with Crippen LogP contribution in [-0.4, -0.2) is 50.0 Å². The van der Waals surface area contributed by atoms with Crippen molar-refractivity contribution >= 4 is 17.7 Å². The van der Waals surface area contributed by atoms with Crippen molar-refractivity contribution in [3.05, 3.63) is 113 Å². The van der Waals surface area contributed by atoms with Crippen LogP contribution in [0.15, 0.2) is 78.9 Å². The Morgan fingerprint density at radius 1 is 0.956 bits per heavy atom. The highest BCUT2D eigenvalue weighted by Gasteiger charge is 2.51. The van der Waals surface area contributed by atoms with E-state index in [1.54, 1.807) is 31.2 Å². The number of tetrazole rings is 1. The molecule has 0 saturated carbocycles. The third kappa shape index (κ3) is 8.26. The molecule has 0 bridgehead atoms. The highest BCUT2D eigenvalue weighted by molar-refractivity contribution is 6.00. The molecule has 1 N–H and O–H groups in total. The van der Waals surface area contributed by atoms with E-state index in [0.717, 1.165) is 42.4 Å². The topological polar surface area (TPSA) is 140 Å². The second-order valence-corrected chi connectivity index (χ2v) is 11.0. The summed E-state index contributed by atoms with van der Waals surface area (Å²) >= 11 is 0. The molecule has 232 valence electrons. The number of hydrogen-bond donors (Lipinski definition) is 1. The maximum Gasteiger partial charge on any atom is 0.347 e. The number of carbonyl (C=O) groups is 3. The Hall–Kier alpha value is -5.17. The van der Waals surface area contributed by atoms with Gasteiger partial charge in [-0.1, -0.05) is 104 Å². The van der Waals surface area contributed by atoms with Gasteiger partial charge in [-0.2, -0.15) is 10.1 Å². The molecule has 0 radical (unpaired) electrons. The maximum absolute atomic E-state index is 13.7. The Labute approximate surface area is 263 Å². The van der Waals surface area contributed by atoms with E-state index in [2.05, 4.69) is 27.7 Å². The molecule has 0 aliphatic rings. The highest BCUT2D eigenvalue weighted by atomic mass is 16.5. The zero-order valence-corrected chi connectivity index (χ0v) is 25.9. The molecule has 0 fully saturated rings. The van der Waals surface area contributed by atoms with E-state index in [-0.39, 0.29) is 31.2 Å². The van der Waals surface area contributed by atoms with Gasteiger partial charge in [-0.25, -0.2) is 4.79 Å². The number of Topliss-reactive ketones (excluding diaryl/α,β-unsaturated/α-hetero) is 1. The van der Waals surface area contributed by atoms with Gasteiger partial charge in [0.1, 0.15) is 6.07 Å². The molecule has 2 atom stereocenters. The van der Waals surface area contributed by atoms with Crippen LogP contribution in [0, 0.1) is 18.3 Å². The van der Waals surface area contributed by atoms with Crippen LogP contribution in [0.25, 0.3) is 0 Å². The summed E-state index contributed by atoms with van der Waals surface area (Å²) in [5, 5.41) is 25.2. The van der Waals surface area contributed by atoms with Crippen molar-refractivity contribution in [1.29, 1.82) is 5.26 Å². The van der Waals surface area contributed by atoms with E-state index in [0.29, 0.717) is 11.1 Å². The first-order valence-electron chi connectivity index (χ1n) is 15.2. The molecule has 45 heavy (non-hydrogen) atoms. The Bertz CT molecular complexity index is 1630. The molecule has 0 aliphatic carbocycles. The lowest BCUT2D eigenvalue weighted by molar-refractivity contribution is -0.149. The molecular weight excluding hydrogens is 568 g/mol. The smallest absolute Gasteiger partial charge is 0.347 e. The molecule has 1 heterocycles. The standard InChI is InChI=1S/C35H38N6O4/c1-4-6-8-11-26-16-20-29(21-17-26)31(42)22-30(28-18-14-25(3)15-19-28)35(24-36,34(44)45-5-2)37-33(43)32-38-40-41(39-32)23-27-12-9-7-10-13-27/h7,9-10,12-21,30H,4-6,8,11,22-23H2,1-3H3,(H,37,43). The first-order chi connectivity index (χ1) is 21.8. The monoisotopic (exact) mass is 606 g/mol. The summed E-state index contributed by atoms with van der Waals surface area (Å²) in [6.07, 6.45) is 3.99. The number of ketones is 1. The van der Waals surface area contributed by atoms with Gasteiger partial charge in [0.05, 0.1) is 13.2 Å². The lowest BCUT2D eigenvalue weighted by atomic mass is 9.76. The number of ether oxygens (including phenoxy) is 1. The molecule has 0 aliphatic heterocycles. The third-order valence-electron chi connectivity index (χ3n) is 7.64. The molecular formula is C35H38N6O4. The number of esters is 1. The fraction of sp³-hybridized carbons (Fsp3) is 0.343. The van der Waals surface area contributed by atoms with Crippen molar-refractivity contribution in [3.63, 3.8) is 0 Å². The summed E-state index contributed by atoms with van der Waals surface area (Å²) in [4.78, 5) is 42.2. The second kappa shape index (κ2) is 15.5. The summed E-state index contributed by atoms with van der Waals surface area (Å²) in [5.41, 5.74) is 1.66. The fourth-order valence-corrected chi connectivity index (χ4v) is 5.12. The van der Waals surface area contributed by atoms with E-state index >= 15 is 0 Å². The second-order valence-electron chi connectivity index (χ2n) is 11.0. The van der Waals surface area contributed by atoms with Crippen LogP contribution < -0.4 is 5.32 Å². The summed E-state index contributed by atoms with van der Waals surface area (Å²) in [6.45, 7) is 5.88.